The van der Waals surface area contributed by atoms with Gasteiger partial charge in [0.1, 0.15) is 12.3 Å². The van der Waals surface area contributed by atoms with Crippen LogP contribution in [0, 0.1) is 0 Å². The number of imidazole rings is 2. The summed E-state index contributed by atoms with van der Waals surface area (Å²) in [5, 5.41) is 2.78. The summed E-state index contributed by atoms with van der Waals surface area (Å²) in [4.78, 5) is 49.8. The second kappa shape index (κ2) is 9.61. The molecule has 0 radical (unpaired) electrons. The first kappa shape index (κ1) is 23.8. The maximum atomic E-state index is 13.0. The van der Waals surface area contributed by atoms with Gasteiger partial charge in [0.15, 0.2) is 11.2 Å². The number of nitrogens with one attached hydrogen (secondary N) is 2. The number of anilines is 1. The van der Waals surface area contributed by atoms with Crippen molar-refractivity contribution in [3.63, 3.8) is 0 Å². The van der Waals surface area contributed by atoms with E-state index in [0.717, 1.165) is 27.1 Å². The number of hydrogen-bond acceptors (Lipinski definition) is 6. The molecule has 0 aliphatic heterocycles. The predicted molar refractivity (Wildman–Crippen MR) is 139 cm³/mol. The molecule has 0 fully saturated rings. The Morgan fingerprint density at radius 3 is 2.43 bits per heavy atom. The molecule has 3 heterocycles. The van der Waals surface area contributed by atoms with Gasteiger partial charge in [-0.3, -0.25) is 24.0 Å². The van der Waals surface area contributed by atoms with Gasteiger partial charge < -0.3 is 14.3 Å². The Kier molecular flexibility index (Phi) is 6.18. The second-order valence-electron chi connectivity index (χ2n) is 8.43. The van der Waals surface area contributed by atoms with Crippen molar-refractivity contribution in [2.75, 3.05) is 11.9 Å². The molecule has 0 aliphatic rings. The predicted octanol–water partition coefficient (Wildman–Crippen LogP) is 2.53. The zero-order valence-corrected chi connectivity index (χ0v) is 20.6. The summed E-state index contributed by atoms with van der Waals surface area (Å²) >= 11 is 0. The Hall–Kier alpha value is -4.93. The highest BCUT2D eigenvalue weighted by Crippen LogP contribution is 2.32. The number of fused-ring (bicyclic) bond motifs is 1. The highest BCUT2D eigenvalue weighted by molar-refractivity contribution is 5.91. The number of carbonyl (C=O) groups excluding carboxylic acids is 1. The lowest BCUT2D eigenvalue weighted by atomic mass is 10.1. The number of rotatable bonds is 7. The highest BCUT2D eigenvalue weighted by Gasteiger charge is 2.19. The molecule has 0 saturated heterocycles. The van der Waals surface area contributed by atoms with Crippen molar-refractivity contribution in [3.05, 3.63) is 81.8 Å². The fraction of sp³-hybridized carbons (Fsp3) is 0.192. The van der Waals surface area contributed by atoms with Gasteiger partial charge in [-0.1, -0.05) is 30.3 Å². The topological polar surface area (TPSA) is 129 Å². The molecule has 0 aliphatic carbocycles. The van der Waals surface area contributed by atoms with Crippen molar-refractivity contribution >= 4 is 23.0 Å². The fourth-order valence-corrected chi connectivity index (χ4v) is 4.17. The van der Waals surface area contributed by atoms with Crippen LogP contribution in [-0.4, -0.2) is 41.2 Å². The van der Waals surface area contributed by atoms with Crippen molar-refractivity contribution in [1.29, 1.82) is 0 Å². The van der Waals surface area contributed by atoms with E-state index in [0.29, 0.717) is 12.3 Å². The highest BCUT2D eigenvalue weighted by atomic mass is 16.5. The second-order valence-corrected chi connectivity index (χ2v) is 8.43. The molecule has 1 amide bonds. The van der Waals surface area contributed by atoms with Crippen LogP contribution in [0.25, 0.3) is 33.7 Å². The molecule has 5 aromatic rings. The molecular formula is C26H25N7O4. The molecule has 11 heteroatoms. The van der Waals surface area contributed by atoms with E-state index in [4.69, 9.17) is 4.74 Å². The maximum Gasteiger partial charge on any atom is 0.332 e. The number of aromatic amines is 1. The minimum atomic E-state index is -0.523. The summed E-state index contributed by atoms with van der Waals surface area (Å²) in [6, 6.07) is 17.3. The van der Waals surface area contributed by atoms with Gasteiger partial charge in [-0.25, -0.2) is 14.8 Å². The van der Waals surface area contributed by atoms with Crippen molar-refractivity contribution in [2.24, 2.45) is 14.1 Å². The summed E-state index contributed by atoms with van der Waals surface area (Å²) in [6.07, 6.45) is 1.37. The molecule has 0 bridgehead atoms. The van der Waals surface area contributed by atoms with Crippen molar-refractivity contribution in [2.45, 2.75) is 13.5 Å². The van der Waals surface area contributed by atoms with E-state index in [-0.39, 0.29) is 23.7 Å². The van der Waals surface area contributed by atoms with Crippen molar-refractivity contribution in [3.8, 4) is 28.3 Å². The molecule has 3 aromatic heterocycles. The number of H-pyrrole nitrogens is 1. The summed E-state index contributed by atoms with van der Waals surface area (Å²) in [5.74, 6) is 0.607. The molecule has 0 saturated carbocycles. The quantitative estimate of drug-likeness (QED) is 0.354. The lowest BCUT2D eigenvalue weighted by Crippen LogP contribution is -2.37. The van der Waals surface area contributed by atoms with Crippen LogP contribution in [-0.2, 0) is 25.4 Å². The third-order valence-corrected chi connectivity index (χ3v) is 5.99. The Balaban J connectivity index is 1.46. The third-order valence-electron chi connectivity index (χ3n) is 5.99. The number of nitrogens with zero attached hydrogens (tertiary/aromatic N) is 5. The largest absolute Gasteiger partial charge is 0.494 e. The Morgan fingerprint density at radius 1 is 1.00 bits per heavy atom. The first-order valence-corrected chi connectivity index (χ1v) is 11.7. The zero-order chi connectivity index (χ0) is 26.1. The van der Waals surface area contributed by atoms with Gasteiger partial charge in [-0.05, 0) is 31.2 Å². The van der Waals surface area contributed by atoms with Crippen LogP contribution in [0.1, 0.15) is 6.92 Å². The zero-order valence-electron chi connectivity index (χ0n) is 20.6. The van der Waals surface area contributed by atoms with Crippen LogP contribution in [0.5, 0.6) is 5.75 Å². The van der Waals surface area contributed by atoms with E-state index in [9.17, 15) is 14.4 Å². The van der Waals surface area contributed by atoms with Crippen LogP contribution in [0.15, 0.2) is 70.5 Å². The van der Waals surface area contributed by atoms with Crippen LogP contribution < -0.4 is 21.3 Å². The molecule has 0 unspecified atom stereocenters. The van der Waals surface area contributed by atoms with Gasteiger partial charge in [0.2, 0.25) is 11.9 Å². The summed E-state index contributed by atoms with van der Waals surface area (Å²) in [7, 11) is 2.91. The minimum Gasteiger partial charge on any atom is -0.494 e. The number of benzene rings is 2. The minimum absolute atomic E-state index is 0.166. The molecule has 188 valence electrons. The summed E-state index contributed by atoms with van der Waals surface area (Å²) in [6.45, 7) is 2.31. The van der Waals surface area contributed by atoms with Crippen LogP contribution in [0.3, 0.4) is 0 Å². The molecule has 2 aromatic carbocycles. The van der Waals surface area contributed by atoms with Gasteiger partial charge in [-0.15, -0.1) is 0 Å². The molecule has 5 rings (SSSR count). The molecule has 11 nitrogen and oxygen atoms in total. The first-order valence-electron chi connectivity index (χ1n) is 11.7. The van der Waals surface area contributed by atoms with E-state index in [2.05, 4.69) is 20.3 Å². The maximum absolute atomic E-state index is 13.0. The third kappa shape index (κ3) is 4.42. The molecule has 2 N–H and O–H groups in total. The van der Waals surface area contributed by atoms with E-state index in [1.54, 1.807) is 0 Å². The smallest absolute Gasteiger partial charge is 0.332 e. The summed E-state index contributed by atoms with van der Waals surface area (Å²) in [5.41, 5.74) is 2.54. The average Bonchev–Trinajstić information content (AvgIpc) is 3.52. The number of aromatic nitrogens is 6. The van der Waals surface area contributed by atoms with Gasteiger partial charge >= 0.3 is 5.69 Å². The van der Waals surface area contributed by atoms with E-state index < -0.39 is 17.2 Å². The van der Waals surface area contributed by atoms with Crippen LogP contribution in [0.2, 0.25) is 0 Å². The Labute approximate surface area is 211 Å². The summed E-state index contributed by atoms with van der Waals surface area (Å²) < 4.78 is 9.22. The fourth-order valence-electron chi connectivity index (χ4n) is 4.17. The van der Waals surface area contributed by atoms with E-state index in [1.165, 1.54) is 29.6 Å². The van der Waals surface area contributed by atoms with Gasteiger partial charge in [0.25, 0.3) is 5.56 Å². The number of amides is 1. The van der Waals surface area contributed by atoms with Crippen molar-refractivity contribution in [1.82, 2.24) is 28.7 Å². The van der Waals surface area contributed by atoms with Gasteiger partial charge in [0, 0.05) is 25.2 Å². The normalized spacial score (nSPS) is 11.1. The lowest BCUT2D eigenvalue weighted by molar-refractivity contribution is -0.116. The Bertz CT molecular complexity index is 1710. The number of ether oxygens (including phenoxy) is 1. The molecular weight excluding hydrogens is 474 g/mol. The van der Waals surface area contributed by atoms with E-state index in [1.807, 2.05) is 61.5 Å². The van der Waals surface area contributed by atoms with Crippen LogP contribution in [0.4, 0.5) is 5.95 Å². The van der Waals surface area contributed by atoms with Gasteiger partial charge in [0.05, 0.1) is 24.3 Å². The monoisotopic (exact) mass is 499 g/mol. The number of aryl methyl sites for hydroxylation is 1. The van der Waals surface area contributed by atoms with Gasteiger partial charge in [-0.2, -0.15) is 0 Å². The van der Waals surface area contributed by atoms with Crippen LogP contribution >= 0.6 is 0 Å². The molecule has 37 heavy (non-hydrogen) atoms. The van der Waals surface area contributed by atoms with Crippen molar-refractivity contribution < 1.29 is 9.53 Å². The SMILES string of the molecule is CCOc1ccc(-c2[nH]c(NC(=O)Cn3cnc4c3c(=O)n(C)c(=O)n4C)nc2-c2ccccc2)cc1. The van der Waals surface area contributed by atoms with E-state index >= 15 is 0 Å². The lowest BCUT2D eigenvalue weighted by Gasteiger charge is -2.07. The average molecular weight is 500 g/mol. The molecule has 0 atom stereocenters. The first-order chi connectivity index (χ1) is 17.9. The standard InChI is InChI=1S/C26H25N7O4/c1-4-37-18-12-10-17(11-13-18)21-20(16-8-6-5-7-9-16)29-25(30-21)28-19(34)14-33-15-27-23-22(33)24(35)32(3)26(36)31(23)2/h5-13,15H,4,14H2,1-3H3,(H2,28,29,30,34). The Morgan fingerprint density at radius 2 is 1.73 bits per heavy atom. The number of hydrogen-bond donors (Lipinski definition) is 2. The number of carbonyl (C=O) groups is 1. The molecule has 0 spiro atoms.